The summed E-state index contributed by atoms with van der Waals surface area (Å²) in [5.74, 6) is -1.20. The number of carboxylic acid groups (broad SMARTS) is 2. The van der Waals surface area contributed by atoms with Crippen molar-refractivity contribution in [2.24, 2.45) is 0 Å². The molecule has 1 aliphatic carbocycles. The molecule has 0 amide bonds. The highest BCUT2D eigenvalue weighted by Crippen LogP contribution is 2.35. The molecule has 36 heavy (non-hydrogen) atoms. The van der Waals surface area contributed by atoms with Crippen molar-refractivity contribution < 1.29 is 39.5 Å². The number of carboxylic acids is 2. The number of methoxy groups -OCH3 is 2. The molecular formula is C25H28N2O9. The number of aromatic hydroxyl groups is 1. The van der Waals surface area contributed by atoms with Gasteiger partial charge in [-0.05, 0) is 53.8 Å². The molecule has 0 aliphatic heterocycles. The summed E-state index contributed by atoms with van der Waals surface area (Å²) in [6.07, 6.45) is 0.0924. The van der Waals surface area contributed by atoms with Crippen LogP contribution >= 0.6 is 0 Å². The van der Waals surface area contributed by atoms with Gasteiger partial charge in [0.2, 0.25) is 5.56 Å². The molecular weight excluding hydrogens is 472 g/mol. The smallest absolute Gasteiger partial charge is 0.314 e. The first-order valence-electron chi connectivity index (χ1n) is 11.1. The Bertz CT molecular complexity index is 1270. The lowest BCUT2D eigenvalue weighted by atomic mass is 10.0. The monoisotopic (exact) mass is 500 g/mol. The van der Waals surface area contributed by atoms with Gasteiger partial charge >= 0.3 is 11.9 Å². The number of carbonyl (C=O) groups is 2. The first-order valence-corrected chi connectivity index (χ1v) is 11.1. The van der Waals surface area contributed by atoms with Crippen LogP contribution in [0.3, 0.4) is 0 Å². The van der Waals surface area contributed by atoms with Gasteiger partial charge in [-0.3, -0.25) is 14.4 Å². The van der Waals surface area contributed by atoms with Gasteiger partial charge in [0.15, 0.2) is 11.5 Å². The highest BCUT2D eigenvalue weighted by atomic mass is 16.5. The van der Waals surface area contributed by atoms with E-state index in [9.17, 15) is 24.6 Å². The van der Waals surface area contributed by atoms with Gasteiger partial charge in [-0.2, -0.15) is 0 Å². The Kier molecular flexibility index (Phi) is 8.51. The van der Waals surface area contributed by atoms with Crippen LogP contribution in [0, 0.1) is 0 Å². The van der Waals surface area contributed by atoms with Gasteiger partial charge < -0.3 is 40.2 Å². The van der Waals surface area contributed by atoms with E-state index in [-0.39, 0.29) is 17.4 Å². The molecule has 1 unspecified atom stereocenters. The molecule has 1 aliphatic rings. The van der Waals surface area contributed by atoms with E-state index in [1.165, 1.54) is 23.3 Å². The molecule has 3 aromatic rings. The third-order valence-electron chi connectivity index (χ3n) is 5.81. The lowest BCUT2D eigenvalue weighted by Crippen LogP contribution is -2.33. The lowest BCUT2D eigenvalue weighted by Gasteiger charge is -2.18. The second-order valence-electron chi connectivity index (χ2n) is 8.25. The topological polar surface area (TPSA) is 178 Å². The Labute approximate surface area is 205 Å². The number of fused-ring (bicyclic) bond motifs is 2. The molecule has 0 radical (unpaired) electrons. The molecule has 1 heterocycles. The standard InChI is InChI=1S/C22H24N2O5.C3H4O4/c1-28-19-9-12-7-14(8-13(12)10-20(19)29-2)23-11-18(26)15-3-5-17(25)22-16(15)4-6-21(27)24-22;4-2(5)1-3(6)7/h3-6,9-10,14,18,23,25-26H,7-8,11H2,1-2H3,(H,24,27);1H2,(H,4,5)(H,6,7). The van der Waals surface area contributed by atoms with Crippen LogP contribution in [-0.4, -0.2) is 64.2 Å². The van der Waals surface area contributed by atoms with Gasteiger partial charge in [0.25, 0.3) is 0 Å². The number of aliphatic hydroxyl groups excluding tert-OH is 1. The number of aromatic amines is 1. The number of ether oxygens (including phenoxy) is 2. The van der Waals surface area contributed by atoms with Crippen LogP contribution in [0.2, 0.25) is 0 Å². The van der Waals surface area contributed by atoms with Crippen LogP contribution in [0.15, 0.2) is 41.2 Å². The Morgan fingerprint density at radius 1 is 1.03 bits per heavy atom. The molecule has 4 rings (SSSR count). The molecule has 2 aromatic carbocycles. The van der Waals surface area contributed by atoms with Crippen molar-refractivity contribution in [2.75, 3.05) is 20.8 Å². The summed E-state index contributed by atoms with van der Waals surface area (Å²) in [6, 6.07) is 10.4. The van der Waals surface area contributed by atoms with E-state index in [1.54, 1.807) is 26.4 Å². The summed E-state index contributed by atoms with van der Waals surface area (Å²) >= 11 is 0. The van der Waals surface area contributed by atoms with Crippen molar-refractivity contribution in [3.05, 3.63) is 63.4 Å². The molecule has 0 fully saturated rings. The van der Waals surface area contributed by atoms with Crippen LogP contribution in [-0.2, 0) is 22.4 Å². The molecule has 0 spiro atoms. The zero-order chi connectivity index (χ0) is 26.4. The van der Waals surface area contributed by atoms with Crippen molar-refractivity contribution in [3.63, 3.8) is 0 Å². The molecule has 0 saturated heterocycles. The normalized spacial score (nSPS) is 13.4. The SMILES string of the molecule is COc1cc2c(cc1OC)CC(NCC(O)c1ccc(O)c3[nH]c(=O)ccc13)C2.O=C(O)CC(=O)O. The number of hydrogen-bond acceptors (Lipinski definition) is 8. The van der Waals surface area contributed by atoms with E-state index in [4.69, 9.17) is 19.7 Å². The molecule has 1 aromatic heterocycles. The minimum absolute atomic E-state index is 0.0178. The average molecular weight is 501 g/mol. The molecule has 1 atom stereocenters. The molecule has 11 nitrogen and oxygen atoms in total. The number of phenolic OH excluding ortho intramolecular Hbond substituents is 1. The Hall–Kier alpha value is -4.09. The van der Waals surface area contributed by atoms with E-state index >= 15 is 0 Å². The Balaban J connectivity index is 0.000000454. The average Bonchev–Trinajstić information content (AvgIpc) is 3.23. The third-order valence-corrected chi connectivity index (χ3v) is 5.81. The quantitative estimate of drug-likeness (QED) is 0.249. The van der Waals surface area contributed by atoms with Crippen molar-refractivity contribution in [1.82, 2.24) is 10.3 Å². The van der Waals surface area contributed by atoms with Gasteiger partial charge in [0.05, 0.1) is 25.8 Å². The third kappa shape index (κ3) is 6.32. The molecule has 11 heteroatoms. The fourth-order valence-corrected chi connectivity index (χ4v) is 4.16. The number of H-pyrrole nitrogens is 1. The van der Waals surface area contributed by atoms with E-state index in [0.29, 0.717) is 23.0 Å². The lowest BCUT2D eigenvalue weighted by molar-refractivity contribution is -0.147. The minimum Gasteiger partial charge on any atom is -0.506 e. The zero-order valence-corrected chi connectivity index (χ0v) is 19.8. The number of aliphatic carboxylic acids is 2. The number of benzene rings is 2. The molecule has 0 saturated carbocycles. The van der Waals surface area contributed by atoms with E-state index in [2.05, 4.69) is 10.3 Å². The van der Waals surface area contributed by atoms with Crippen molar-refractivity contribution in [1.29, 1.82) is 0 Å². The number of nitrogens with one attached hydrogen (secondary N) is 2. The summed E-state index contributed by atoms with van der Waals surface area (Å²) in [5, 5.41) is 40.2. The summed E-state index contributed by atoms with van der Waals surface area (Å²) in [6.45, 7) is 0.353. The molecule has 6 N–H and O–H groups in total. The maximum atomic E-state index is 11.6. The molecule has 0 bridgehead atoms. The predicted molar refractivity (Wildman–Crippen MR) is 130 cm³/mol. The van der Waals surface area contributed by atoms with Crippen LogP contribution < -0.4 is 20.3 Å². The second-order valence-corrected chi connectivity index (χ2v) is 8.25. The maximum Gasteiger partial charge on any atom is 0.314 e. The van der Waals surface area contributed by atoms with Crippen LogP contribution in [0.25, 0.3) is 10.9 Å². The number of pyridine rings is 1. The van der Waals surface area contributed by atoms with E-state index in [1.807, 2.05) is 12.1 Å². The number of phenols is 1. The van der Waals surface area contributed by atoms with E-state index in [0.717, 1.165) is 24.3 Å². The summed E-state index contributed by atoms with van der Waals surface area (Å²) in [7, 11) is 3.25. The van der Waals surface area contributed by atoms with Crippen molar-refractivity contribution in [3.8, 4) is 17.2 Å². The van der Waals surface area contributed by atoms with Crippen LogP contribution in [0.5, 0.6) is 17.2 Å². The second kappa shape index (κ2) is 11.6. The van der Waals surface area contributed by atoms with Gasteiger partial charge in [0, 0.05) is 24.0 Å². The predicted octanol–water partition coefficient (Wildman–Crippen LogP) is 1.59. The van der Waals surface area contributed by atoms with Gasteiger partial charge in [-0.1, -0.05) is 6.07 Å². The summed E-state index contributed by atoms with van der Waals surface area (Å²) in [5.41, 5.74) is 3.11. The fraction of sp³-hybridized carbons (Fsp3) is 0.320. The van der Waals surface area contributed by atoms with Gasteiger partial charge in [-0.25, -0.2) is 0 Å². The van der Waals surface area contributed by atoms with Crippen molar-refractivity contribution in [2.45, 2.75) is 31.4 Å². The van der Waals surface area contributed by atoms with Crippen molar-refractivity contribution >= 4 is 22.8 Å². The number of rotatable bonds is 8. The summed E-state index contributed by atoms with van der Waals surface area (Å²) in [4.78, 5) is 33.0. The first kappa shape index (κ1) is 26.5. The van der Waals surface area contributed by atoms with Gasteiger partial charge in [0.1, 0.15) is 12.2 Å². The maximum absolute atomic E-state index is 11.6. The minimum atomic E-state index is -1.31. The number of hydrogen-bond donors (Lipinski definition) is 6. The van der Waals surface area contributed by atoms with Gasteiger partial charge in [-0.15, -0.1) is 0 Å². The van der Waals surface area contributed by atoms with Crippen LogP contribution in [0.4, 0.5) is 0 Å². The number of aliphatic hydroxyl groups is 1. The highest BCUT2D eigenvalue weighted by molar-refractivity contribution is 5.89. The van der Waals surface area contributed by atoms with E-state index < -0.39 is 24.5 Å². The first-order chi connectivity index (χ1) is 17.1. The fourth-order valence-electron chi connectivity index (χ4n) is 4.16. The Morgan fingerprint density at radius 2 is 1.61 bits per heavy atom. The molecule has 192 valence electrons. The summed E-state index contributed by atoms with van der Waals surface area (Å²) < 4.78 is 10.8. The number of aromatic nitrogens is 1. The zero-order valence-electron chi connectivity index (χ0n) is 19.8. The largest absolute Gasteiger partial charge is 0.506 e. The van der Waals surface area contributed by atoms with Crippen LogP contribution in [0.1, 0.15) is 29.2 Å². The Morgan fingerprint density at radius 3 is 2.11 bits per heavy atom. The highest BCUT2D eigenvalue weighted by Gasteiger charge is 2.25.